The van der Waals surface area contributed by atoms with Gasteiger partial charge in [-0.15, -0.1) is 0 Å². The molecule has 4 rings (SSSR count). The van der Waals surface area contributed by atoms with E-state index < -0.39 is 0 Å². The lowest BCUT2D eigenvalue weighted by Crippen LogP contribution is -2.16. The Morgan fingerprint density at radius 3 is 2.17 bits per heavy atom. The van der Waals surface area contributed by atoms with Gasteiger partial charge in [0, 0.05) is 25.2 Å². The van der Waals surface area contributed by atoms with Crippen molar-refractivity contribution in [2.24, 2.45) is 0 Å². The molecule has 0 spiro atoms. The Balaban J connectivity index is 1.73. The number of aromatic amines is 1. The van der Waals surface area contributed by atoms with Crippen molar-refractivity contribution in [2.45, 2.75) is 12.8 Å². The minimum absolute atomic E-state index is 0.0443. The third-order valence-electron chi connectivity index (χ3n) is 4.12. The van der Waals surface area contributed by atoms with E-state index >= 15 is 0 Å². The number of imidazole rings is 1. The number of nitrogens with one attached hydrogen (secondary N) is 1. The molecule has 0 bridgehead atoms. The SMILES string of the molecule is O=c1c(Cc2ccccc2)nc2c(Cc3ccccc3)[nH]ccn1-2. The van der Waals surface area contributed by atoms with Gasteiger partial charge in [0.1, 0.15) is 5.69 Å². The number of benzene rings is 2. The first-order valence-corrected chi connectivity index (χ1v) is 7.96. The van der Waals surface area contributed by atoms with Crippen LogP contribution in [0.1, 0.15) is 22.5 Å². The Labute approximate surface area is 139 Å². The lowest BCUT2D eigenvalue weighted by molar-refractivity contribution is 0.910. The van der Waals surface area contributed by atoms with Crippen LogP contribution in [0.2, 0.25) is 0 Å². The Kier molecular flexibility index (Phi) is 3.71. The number of hydrogen-bond acceptors (Lipinski definition) is 2. The summed E-state index contributed by atoms with van der Waals surface area (Å²) in [7, 11) is 0. The zero-order chi connectivity index (χ0) is 16.4. The summed E-state index contributed by atoms with van der Waals surface area (Å²) in [5.41, 5.74) is 3.75. The second-order valence-corrected chi connectivity index (χ2v) is 5.82. The van der Waals surface area contributed by atoms with Gasteiger partial charge in [0.2, 0.25) is 0 Å². The summed E-state index contributed by atoms with van der Waals surface area (Å²) in [5.74, 6) is 0.706. The van der Waals surface area contributed by atoms with E-state index in [9.17, 15) is 4.79 Å². The highest BCUT2D eigenvalue weighted by Gasteiger charge is 2.17. The molecule has 2 heterocycles. The smallest absolute Gasteiger partial charge is 0.278 e. The fourth-order valence-electron chi connectivity index (χ4n) is 2.93. The maximum Gasteiger partial charge on any atom is 0.278 e. The summed E-state index contributed by atoms with van der Waals surface area (Å²) in [4.78, 5) is 20.5. The van der Waals surface area contributed by atoms with E-state index in [2.05, 4.69) is 22.1 Å². The van der Waals surface area contributed by atoms with Crippen molar-refractivity contribution in [2.75, 3.05) is 0 Å². The molecule has 1 N–H and O–H groups in total. The van der Waals surface area contributed by atoms with Crippen molar-refractivity contribution in [1.29, 1.82) is 0 Å². The molecule has 2 aliphatic heterocycles. The van der Waals surface area contributed by atoms with Crippen LogP contribution in [0.4, 0.5) is 0 Å². The zero-order valence-electron chi connectivity index (χ0n) is 13.1. The van der Waals surface area contributed by atoms with Crippen LogP contribution in [0.25, 0.3) is 5.82 Å². The van der Waals surface area contributed by atoms with Gasteiger partial charge in [-0.25, -0.2) is 4.98 Å². The molecule has 0 unspecified atom stereocenters. The lowest BCUT2D eigenvalue weighted by Gasteiger charge is -2.08. The van der Waals surface area contributed by atoms with Crippen LogP contribution in [0.5, 0.6) is 0 Å². The van der Waals surface area contributed by atoms with Crippen LogP contribution < -0.4 is 5.56 Å². The van der Waals surface area contributed by atoms with E-state index in [4.69, 9.17) is 0 Å². The van der Waals surface area contributed by atoms with E-state index in [-0.39, 0.29) is 5.56 Å². The maximum absolute atomic E-state index is 12.6. The van der Waals surface area contributed by atoms with Crippen molar-refractivity contribution >= 4 is 0 Å². The normalized spacial score (nSPS) is 11.0. The molecule has 0 radical (unpaired) electrons. The topological polar surface area (TPSA) is 50.7 Å². The highest BCUT2D eigenvalue weighted by Crippen LogP contribution is 2.16. The number of hydrogen-bond donors (Lipinski definition) is 1. The minimum Gasteiger partial charge on any atom is -0.360 e. The molecule has 2 aliphatic rings. The monoisotopic (exact) mass is 315 g/mol. The van der Waals surface area contributed by atoms with Crippen LogP contribution in [-0.2, 0) is 12.8 Å². The van der Waals surface area contributed by atoms with Gasteiger partial charge in [0.15, 0.2) is 5.82 Å². The number of H-pyrrole nitrogens is 1. The Bertz CT molecular complexity index is 971. The second kappa shape index (κ2) is 6.16. The third kappa shape index (κ3) is 2.74. The van der Waals surface area contributed by atoms with Crippen molar-refractivity contribution in [3.63, 3.8) is 0 Å². The fourth-order valence-corrected chi connectivity index (χ4v) is 2.93. The van der Waals surface area contributed by atoms with Gasteiger partial charge in [0.25, 0.3) is 5.56 Å². The number of fused-ring (bicyclic) bond motifs is 1. The quantitative estimate of drug-likeness (QED) is 0.629. The van der Waals surface area contributed by atoms with Crippen molar-refractivity contribution in [3.8, 4) is 5.82 Å². The molecule has 2 aromatic carbocycles. The Hall–Kier alpha value is -3.14. The molecule has 4 nitrogen and oxygen atoms in total. The average molecular weight is 315 g/mol. The fraction of sp³-hybridized carbons (Fsp3) is 0.100. The molecule has 4 heteroatoms. The molecule has 0 saturated heterocycles. The third-order valence-corrected chi connectivity index (χ3v) is 4.12. The highest BCUT2D eigenvalue weighted by atomic mass is 16.1. The van der Waals surface area contributed by atoms with E-state index in [1.54, 1.807) is 17.0 Å². The maximum atomic E-state index is 12.6. The van der Waals surface area contributed by atoms with Crippen molar-refractivity contribution in [1.82, 2.24) is 14.5 Å². The molecule has 0 fully saturated rings. The first-order chi connectivity index (χ1) is 11.8. The molecule has 0 aromatic heterocycles. The number of nitrogens with zero attached hydrogens (tertiary/aromatic N) is 2. The van der Waals surface area contributed by atoms with Gasteiger partial charge in [-0.1, -0.05) is 60.7 Å². The predicted molar refractivity (Wildman–Crippen MR) is 93.9 cm³/mol. The van der Waals surface area contributed by atoms with Crippen LogP contribution in [-0.4, -0.2) is 14.5 Å². The van der Waals surface area contributed by atoms with Crippen LogP contribution in [0, 0.1) is 0 Å². The summed E-state index contributed by atoms with van der Waals surface area (Å²) in [6.07, 6.45) is 4.80. The summed E-state index contributed by atoms with van der Waals surface area (Å²) in [6, 6.07) is 20.1. The molecule has 0 saturated carbocycles. The van der Waals surface area contributed by atoms with E-state index in [1.807, 2.05) is 48.5 Å². The van der Waals surface area contributed by atoms with Crippen molar-refractivity contribution in [3.05, 3.63) is 106 Å². The molecular formula is C20H17N3O. The molecule has 0 atom stereocenters. The molecule has 0 aliphatic carbocycles. The molecule has 0 amide bonds. The summed E-state index contributed by atoms with van der Waals surface area (Å²) >= 11 is 0. The van der Waals surface area contributed by atoms with Gasteiger partial charge in [-0.05, 0) is 11.1 Å². The summed E-state index contributed by atoms with van der Waals surface area (Å²) < 4.78 is 1.63. The number of rotatable bonds is 4. The lowest BCUT2D eigenvalue weighted by atomic mass is 10.1. The predicted octanol–water partition coefficient (Wildman–Crippen LogP) is 3.18. The van der Waals surface area contributed by atoms with E-state index in [0.29, 0.717) is 24.4 Å². The average Bonchev–Trinajstić information content (AvgIpc) is 2.94. The molecule has 2 aromatic rings. The Morgan fingerprint density at radius 1 is 0.875 bits per heavy atom. The molecule has 24 heavy (non-hydrogen) atoms. The Morgan fingerprint density at radius 2 is 1.50 bits per heavy atom. The first kappa shape index (κ1) is 14.5. The van der Waals surface area contributed by atoms with Gasteiger partial charge in [-0.3, -0.25) is 9.36 Å². The summed E-state index contributed by atoms with van der Waals surface area (Å²) in [5, 5.41) is 0. The van der Waals surface area contributed by atoms with Crippen LogP contribution in [0.3, 0.4) is 0 Å². The second-order valence-electron chi connectivity index (χ2n) is 5.82. The van der Waals surface area contributed by atoms with E-state index in [0.717, 1.165) is 11.3 Å². The van der Waals surface area contributed by atoms with Crippen LogP contribution >= 0.6 is 0 Å². The number of aromatic nitrogens is 3. The first-order valence-electron chi connectivity index (χ1n) is 7.96. The minimum atomic E-state index is -0.0443. The molecule has 118 valence electrons. The van der Waals surface area contributed by atoms with E-state index in [1.165, 1.54) is 5.56 Å². The van der Waals surface area contributed by atoms with Gasteiger partial charge in [-0.2, -0.15) is 0 Å². The summed E-state index contributed by atoms with van der Waals surface area (Å²) in [6.45, 7) is 0. The zero-order valence-corrected chi connectivity index (χ0v) is 13.1. The molecular weight excluding hydrogens is 298 g/mol. The van der Waals surface area contributed by atoms with Crippen molar-refractivity contribution < 1.29 is 0 Å². The largest absolute Gasteiger partial charge is 0.360 e. The van der Waals surface area contributed by atoms with Gasteiger partial charge < -0.3 is 4.98 Å². The van der Waals surface area contributed by atoms with Gasteiger partial charge in [0.05, 0.1) is 5.69 Å². The standard InChI is InChI=1S/C20H17N3O/c24-20-18(14-16-9-5-2-6-10-16)22-19-17(21-11-12-23(19)20)13-15-7-3-1-4-8-15/h1-12,21H,13-14H2. The van der Waals surface area contributed by atoms with Gasteiger partial charge >= 0.3 is 0 Å². The van der Waals surface area contributed by atoms with Crippen LogP contribution in [0.15, 0.2) is 77.9 Å². The highest BCUT2D eigenvalue weighted by molar-refractivity contribution is 5.37.